The van der Waals surface area contributed by atoms with Crippen LogP contribution in [0.15, 0.2) is 29.3 Å². The Hall–Kier alpha value is -2.08. The summed E-state index contributed by atoms with van der Waals surface area (Å²) in [4.78, 5) is 18.9. The van der Waals surface area contributed by atoms with Gasteiger partial charge in [0, 0.05) is 37.8 Å². The van der Waals surface area contributed by atoms with E-state index < -0.39 is 0 Å². The quantitative estimate of drug-likeness (QED) is 0.526. The van der Waals surface area contributed by atoms with Crippen LogP contribution in [0.25, 0.3) is 0 Å². The van der Waals surface area contributed by atoms with Gasteiger partial charge < -0.3 is 16.0 Å². The van der Waals surface area contributed by atoms with Gasteiger partial charge in [-0.1, -0.05) is 24.3 Å². The molecule has 3 N–H and O–H groups in total. The number of carbonyl (C=O) groups excluding carboxylic acids is 1. The number of amides is 1. The van der Waals surface area contributed by atoms with Crippen molar-refractivity contribution in [3.63, 3.8) is 0 Å². The average Bonchev–Trinajstić information content (AvgIpc) is 2.62. The molecule has 0 saturated carbocycles. The number of hydrogen-bond donors (Lipinski definition) is 3. The molecule has 0 bridgehead atoms. The number of hydrogen-bond acceptors (Lipinski definition) is 3. The Balaban J connectivity index is 1.86. The van der Waals surface area contributed by atoms with Crippen molar-refractivity contribution in [3.8, 4) is 0 Å². The van der Waals surface area contributed by atoms with Crippen molar-refractivity contribution in [3.05, 3.63) is 35.4 Å². The van der Waals surface area contributed by atoms with E-state index in [1.54, 1.807) is 0 Å². The van der Waals surface area contributed by atoms with Crippen LogP contribution in [0.4, 0.5) is 0 Å². The highest BCUT2D eigenvalue weighted by atomic mass is 16.2. The zero-order valence-electron chi connectivity index (χ0n) is 17.4. The van der Waals surface area contributed by atoms with E-state index in [4.69, 9.17) is 0 Å². The standard InChI is InChI=1S/C21H35N5O/c1-6-22-20(24-14-19(27)25-21(3,4)5)23-13-16(2)26-12-11-17-9-7-8-10-18(17)15-26/h7-10,16H,6,11-15H2,1-5H3,(H,25,27)(H2,22,23,24). The third-order valence-corrected chi connectivity index (χ3v) is 4.59. The monoisotopic (exact) mass is 373 g/mol. The molecular weight excluding hydrogens is 338 g/mol. The molecule has 0 radical (unpaired) electrons. The van der Waals surface area contributed by atoms with Crippen LogP contribution in [0.5, 0.6) is 0 Å². The van der Waals surface area contributed by atoms with Gasteiger partial charge in [-0.05, 0) is 52.2 Å². The van der Waals surface area contributed by atoms with Crippen LogP contribution in [0.3, 0.4) is 0 Å². The smallest absolute Gasteiger partial charge is 0.242 e. The van der Waals surface area contributed by atoms with Gasteiger partial charge in [-0.2, -0.15) is 0 Å². The Bertz CT molecular complexity index is 650. The van der Waals surface area contributed by atoms with E-state index in [-0.39, 0.29) is 18.0 Å². The van der Waals surface area contributed by atoms with Crippen molar-refractivity contribution in [1.82, 2.24) is 20.9 Å². The van der Waals surface area contributed by atoms with E-state index in [0.29, 0.717) is 12.0 Å². The molecular formula is C21H35N5O. The van der Waals surface area contributed by atoms with Crippen molar-refractivity contribution in [2.45, 2.75) is 59.2 Å². The maximum absolute atomic E-state index is 12.0. The van der Waals surface area contributed by atoms with Crippen LogP contribution in [-0.4, -0.2) is 54.5 Å². The summed E-state index contributed by atoms with van der Waals surface area (Å²) in [5.41, 5.74) is 2.65. The second-order valence-corrected chi connectivity index (χ2v) is 8.21. The van der Waals surface area contributed by atoms with E-state index in [1.165, 1.54) is 11.1 Å². The average molecular weight is 374 g/mol. The fourth-order valence-corrected chi connectivity index (χ4v) is 3.22. The van der Waals surface area contributed by atoms with Crippen LogP contribution >= 0.6 is 0 Å². The number of nitrogens with one attached hydrogen (secondary N) is 3. The normalized spacial score (nSPS) is 16.4. The highest BCUT2D eigenvalue weighted by Crippen LogP contribution is 2.19. The molecule has 27 heavy (non-hydrogen) atoms. The molecule has 2 rings (SSSR count). The molecule has 1 aliphatic rings. The summed E-state index contributed by atoms with van der Waals surface area (Å²) in [6, 6.07) is 9.07. The summed E-state index contributed by atoms with van der Waals surface area (Å²) >= 11 is 0. The van der Waals surface area contributed by atoms with Gasteiger partial charge in [-0.3, -0.25) is 9.69 Å². The van der Waals surface area contributed by atoms with Crippen molar-refractivity contribution in [2.75, 3.05) is 26.2 Å². The SMILES string of the molecule is CCNC(=NCC(=O)NC(C)(C)C)NCC(C)N1CCc2ccccc2C1. The lowest BCUT2D eigenvalue weighted by Gasteiger charge is -2.34. The molecule has 0 fully saturated rings. The molecule has 0 aliphatic carbocycles. The Kier molecular flexibility index (Phi) is 7.66. The third kappa shape index (κ3) is 7.21. The Morgan fingerprint density at radius 1 is 1.22 bits per heavy atom. The first-order valence-corrected chi connectivity index (χ1v) is 9.92. The fourth-order valence-electron chi connectivity index (χ4n) is 3.22. The molecule has 1 aromatic rings. The first-order valence-electron chi connectivity index (χ1n) is 9.92. The van der Waals surface area contributed by atoms with Gasteiger partial charge in [0.15, 0.2) is 5.96 Å². The van der Waals surface area contributed by atoms with Crippen LogP contribution in [0.1, 0.15) is 45.7 Å². The molecule has 150 valence electrons. The Labute approximate surface area is 163 Å². The summed E-state index contributed by atoms with van der Waals surface area (Å²) < 4.78 is 0. The summed E-state index contributed by atoms with van der Waals surface area (Å²) in [7, 11) is 0. The van der Waals surface area contributed by atoms with Crippen LogP contribution < -0.4 is 16.0 Å². The predicted octanol–water partition coefficient (Wildman–Crippen LogP) is 1.90. The number of rotatable bonds is 6. The minimum atomic E-state index is -0.239. The molecule has 1 amide bonds. The van der Waals surface area contributed by atoms with E-state index in [9.17, 15) is 4.79 Å². The molecule has 0 spiro atoms. The van der Waals surface area contributed by atoms with Gasteiger partial charge in [0.2, 0.25) is 5.91 Å². The number of carbonyl (C=O) groups is 1. The van der Waals surface area contributed by atoms with Gasteiger partial charge in [-0.25, -0.2) is 4.99 Å². The number of nitrogens with zero attached hydrogens (tertiary/aromatic N) is 2. The molecule has 6 nitrogen and oxygen atoms in total. The van der Waals surface area contributed by atoms with Crippen LogP contribution in [0, 0.1) is 0 Å². The lowest BCUT2D eigenvalue weighted by Crippen LogP contribution is -2.48. The molecule has 1 unspecified atom stereocenters. The van der Waals surface area contributed by atoms with Crippen molar-refractivity contribution < 1.29 is 4.79 Å². The van der Waals surface area contributed by atoms with Crippen molar-refractivity contribution in [1.29, 1.82) is 0 Å². The molecule has 6 heteroatoms. The van der Waals surface area contributed by atoms with E-state index in [1.807, 2.05) is 27.7 Å². The van der Waals surface area contributed by atoms with Gasteiger partial charge in [-0.15, -0.1) is 0 Å². The first-order chi connectivity index (χ1) is 12.8. The summed E-state index contributed by atoms with van der Waals surface area (Å²) in [6.07, 6.45) is 1.10. The topological polar surface area (TPSA) is 68.8 Å². The van der Waals surface area contributed by atoms with Gasteiger partial charge in [0.25, 0.3) is 0 Å². The maximum Gasteiger partial charge on any atom is 0.242 e. The lowest BCUT2D eigenvalue weighted by molar-refractivity contribution is -0.121. The zero-order chi connectivity index (χ0) is 19.9. The third-order valence-electron chi connectivity index (χ3n) is 4.59. The second kappa shape index (κ2) is 9.74. The van der Waals surface area contributed by atoms with Crippen LogP contribution in [0.2, 0.25) is 0 Å². The fraction of sp³-hybridized carbons (Fsp3) is 0.619. The molecule has 0 saturated heterocycles. The van der Waals surface area contributed by atoms with Gasteiger partial charge in [0.1, 0.15) is 6.54 Å². The predicted molar refractivity (Wildman–Crippen MR) is 112 cm³/mol. The van der Waals surface area contributed by atoms with Crippen LogP contribution in [-0.2, 0) is 17.8 Å². The zero-order valence-corrected chi connectivity index (χ0v) is 17.4. The van der Waals surface area contributed by atoms with E-state index >= 15 is 0 Å². The minimum absolute atomic E-state index is 0.0691. The maximum atomic E-state index is 12.0. The molecule has 1 aliphatic heterocycles. The lowest BCUT2D eigenvalue weighted by atomic mass is 9.99. The number of guanidine groups is 1. The molecule has 0 aromatic heterocycles. The Morgan fingerprint density at radius 2 is 1.93 bits per heavy atom. The van der Waals surface area contributed by atoms with Crippen molar-refractivity contribution in [2.24, 2.45) is 4.99 Å². The second-order valence-electron chi connectivity index (χ2n) is 8.21. The van der Waals surface area contributed by atoms with Gasteiger partial charge >= 0.3 is 0 Å². The largest absolute Gasteiger partial charge is 0.357 e. The summed E-state index contributed by atoms with van der Waals surface area (Å²) in [5, 5.41) is 9.53. The van der Waals surface area contributed by atoms with Crippen molar-refractivity contribution >= 4 is 11.9 Å². The molecule has 1 heterocycles. The highest BCUT2D eigenvalue weighted by Gasteiger charge is 2.20. The van der Waals surface area contributed by atoms with Gasteiger partial charge in [0.05, 0.1) is 0 Å². The first kappa shape index (κ1) is 21.2. The van der Waals surface area contributed by atoms with E-state index in [2.05, 4.69) is 57.0 Å². The molecule has 1 atom stereocenters. The number of aliphatic imine (C=N–C) groups is 1. The molecule has 1 aromatic carbocycles. The van der Waals surface area contributed by atoms with E-state index in [0.717, 1.165) is 32.6 Å². The Morgan fingerprint density at radius 3 is 2.59 bits per heavy atom. The summed E-state index contributed by atoms with van der Waals surface area (Å²) in [6.45, 7) is 13.9. The number of benzene rings is 1. The highest BCUT2D eigenvalue weighted by molar-refractivity contribution is 5.85. The summed E-state index contributed by atoms with van der Waals surface area (Å²) in [5.74, 6) is 0.617. The number of fused-ring (bicyclic) bond motifs is 1. The minimum Gasteiger partial charge on any atom is -0.357 e.